The molecular formula is C23H33FN2O5. The second-order valence-electron chi connectivity index (χ2n) is 9.51. The Hall–Kier alpha value is -2.19. The Balaban J connectivity index is 1.70. The summed E-state index contributed by atoms with van der Waals surface area (Å²) in [6.45, 7) is 5.46. The van der Waals surface area contributed by atoms with Gasteiger partial charge in [0.2, 0.25) is 5.91 Å². The van der Waals surface area contributed by atoms with Crippen molar-refractivity contribution in [3.63, 3.8) is 0 Å². The Labute approximate surface area is 182 Å². The molecule has 0 aromatic heterocycles. The van der Waals surface area contributed by atoms with Crippen LogP contribution in [0.15, 0.2) is 18.2 Å². The van der Waals surface area contributed by atoms with Crippen LogP contribution in [0.1, 0.15) is 64.5 Å². The average molecular weight is 437 g/mol. The number of hydrogen-bond donors (Lipinski definition) is 2. The van der Waals surface area contributed by atoms with Crippen LogP contribution in [0, 0.1) is 11.7 Å². The molecule has 3 atom stereocenters. The molecule has 31 heavy (non-hydrogen) atoms. The number of nitrogens with zero attached hydrogens (tertiary/aromatic N) is 1. The molecule has 1 saturated heterocycles. The van der Waals surface area contributed by atoms with Crippen molar-refractivity contribution < 1.29 is 28.6 Å². The Morgan fingerprint density at radius 1 is 1.32 bits per heavy atom. The summed E-state index contributed by atoms with van der Waals surface area (Å²) in [7, 11) is 1.52. The minimum atomic E-state index is -0.845. The molecular weight excluding hydrogens is 403 g/mol. The zero-order valence-corrected chi connectivity index (χ0v) is 18.7. The molecule has 7 nitrogen and oxygen atoms in total. The van der Waals surface area contributed by atoms with Gasteiger partial charge in [-0.1, -0.05) is 18.9 Å². The summed E-state index contributed by atoms with van der Waals surface area (Å²) >= 11 is 0. The third kappa shape index (κ3) is 6.40. The molecule has 2 amide bonds. The van der Waals surface area contributed by atoms with Crippen molar-refractivity contribution in [2.24, 2.45) is 5.92 Å². The van der Waals surface area contributed by atoms with Gasteiger partial charge in [0.05, 0.1) is 24.4 Å². The summed E-state index contributed by atoms with van der Waals surface area (Å²) in [5.74, 6) is -0.435. The van der Waals surface area contributed by atoms with E-state index >= 15 is 0 Å². The van der Waals surface area contributed by atoms with Crippen LogP contribution in [0.3, 0.4) is 0 Å². The molecule has 3 rings (SSSR count). The molecule has 172 valence electrons. The van der Waals surface area contributed by atoms with Crippen molar-refractivity contribution in [3.8, 4) is 0 Å². The summed E-state index contributed by atoms with van der Waals surface area (Å²) in [5, 5.41) is 13.0. The van der Waals surface area contributed by atoms with Crippen molar-refractivity contribution in [1.29, 1.82) is 0 Å². The van der Waals surface area contributed by atoms with E-state index in [9.17, 15) is 19.1 Å². The van der Waals surface area contributed by atoms with E-state index in [0.717, 1.165) is 6.42 Å². The van der Waals surface area contributed by atoms with Gasteiger partial charge >= 0.3 is 6.09 Å². The second-order valence-corrected chi connectivity index (χ2v) is 9.51. The number of ether oxygens (including phenoxy) is 2. The lowest BCUT2D eigenvalue weighted by Gasteiger charge is -2.28. The maximum atomic E-state index is 14.4. The fourth-order valence-electron chi connectivity index (χ4n) is 3.77. The molecule has 1 aromatic rings. The summed E-state index contributed by atoms with van der Waals surface area (Å²) in [6, 6.07) is 3.39. The summed E-state index contributed by atoms with van der Waals surface area (Å²) in [5.41, 5.74) is -0.166. The van der Waals surface area contributed by atoms with Crippen LogP contribution in [-0.2, 0) is 14.3 Å². The molecule has 0 spiro atoms. The molecule has 1 aliphatic carbocycles. The smallest absolute Gasteiger partial charge is 0.411 e. The first-order valence-corrected chi connectivity index (χ1v) is 10.9. The van der Waals surface area contributed by atoms with Gasteiger partial charge in [-0.05, 0) is 57.2 Å². The molecule has 8 heteroatoms. The normalized spacial score (nSPS) is 22.3. The van der Waals surface area contributed by atoms with Gasteiger partial charge in [0, 0.05) is 13.5 Å². The molecule has 1 aromatic carbocycles. The molecule has 2 N–H and O–H groups in total. The van der Waals surface area contributed by atoms with Crippen molar-refractivity contribution in [2.75, 3.05) is 19.0 Å². The van der Waals surface area contributed by atoms with Crippen molar-refractivity contribution >= 4 is 17.7 Å². The Morgan fingerprint density at radius 2 is 2.03 bits per heavy atom. The summed E-state index contributed by atoms with van der Waals surface area (Å²) in [4.78, 5) is 26.9. The number of hydrogen-bond acceptors (Lipinski definition) is 5. The quantitative estimate of drug-likeness (QED) is 0.674. The van der Waals surface area contributed by atoms with E-state index in [-0.39, 0.29) is 24.8 Å². The van der Waals surface area contributed by atoms with Crippen LogP contribution in [0.25, 0.3) is 0 Å². The number of halogens is 1. The summed E-state index contributed by atoms with van der Waals surface area (Å²) < 4.78 is 25.2. The number of rotatable bonds is 7. The first-order valence-electron chi connectivity index (χ1n) is 10.9. The molecule has 2 fully saturated rings. The van der Waals surface area contributed by atoms with Crippen LogP contribution in [0.2, 0.25) is 0 Å². The Kier molecular flexibility index (Phi) is 7.21. The first-order chi connectivity index (χ1) is 14.6. The number of carbonyl (C=O) groups excluding carboxylic acids is 2. The van der Waals surface area contributed by atoms with E-state index in [1.807, 2.05) is 0 Å². The van der Waals surface area contributed by atoms with Crippen LogP contribution in [-0.4, -0.2) is 53.4 Å². The zero-order valence-electron chi connectivity index (χ0n) is 18.7. The standard InChI is InChI=1S/C23H33FN2O5/c1-23(2,3)31-22(29)26-13-16(30-4)12-19(26)21(28)25-18-11-15(8-9-17(18)24)20(27)10-7-14-5-6-14/h8-9,11,14,16,19-20,27H,5-7,10,12-13H2,1-4H3,(H,25,28). The van der Waals surface area contributed by atoms with E-state index < -0.39 is 35.6 Å². The number of benzene rings is 1. The van der Waals surface area contributed by atoms with Gasteiger partial charge in [0.25, 0.3) is 0 Å². The monoisotopic (exact) mass is 436 g/mol. The van der Waals surface area contributed by atoms with E-state index in [4.69, 9.17) is 9.47 Å². The zero-order chi connectivity index (χ0) is 22.8. The van der Waals surface area contributed by atoms with Gasteiger partial charge < -0.3 is 19.9 Å². The highest BCUT2D eigenvalue weighted by molar-refractivity contribution is 5.97. The van der Waals surface area contributed by atoms with Crippen LogP contribution >= 0.6 is 0 Å². The number of methoxy groups -OCH3 is 1. The Morgan fingerprint density at radius 3 is 2.65 bits per heavy atom. The maximum absolute atomic E-state index is 14.4. The predicted molar refractivity (Wildman–Crippen MR) is 114 cm³/mol. The number of aliphatic hydroxyl groups excluding tert-OH is 1. The highest BCUT2D eigenvalue weighted by Gasteiger charge is 2.42. The number of likely N-dealkylation sites (tertiary alicyclic amines) is 1. The number of anilines is 1. The van der Waals surface area contributed by atoms with Gasteiger partial charge in [0.1, 0.15) is 17.5 Å². The van der Waals surface area contributed by atoms with Crippen LogP contribution in [0.5, 0.6) is 0 Å². The number of nitrogens with one attached hydrogen (secondary N) is 1. The molecule has 0 radical (unpaired) electrons. The first kappa shape index (κ1) is 23.5. The highest BCUT2D eigenvalue weighted by atomic mass is 19.1. The van der Waals surface area contributed by atoms with Crippen LogP contribution in [0.4, 0.5) is 14.9 Å². The minimum absolute atomic E-state index is 0.0158. The van der Waals surface area contributed by atoms with E-state index in [1.54, 1.807) is 20.8 Å². The minimum Gasteiger partial charge on any atom is -0.444 e. The average Bonchev–Trinajstić information content (AvgIpc) is 3.42. The van der Waals surface area contributed by atoms with Crippen LogP contribution < -0.4 is 5.32 Å². The van der Waals surface area contributed by atoms with Crippen molar-refractivity contribution in [2.45, 2.75) is 76.7 Å². The third-order valence-corrected chi connectivity index (χ3v) is 5.71. The lowest BCUT2D eigenvalue weighted by molar-refractivity contribution is -0.120. The highest BCUT2D eigenvalue weighted by Crippen LogP contribution is 2.36. The van der Waals surface area contributed by atoms with Gasteiger partial charge in [-0.25, -0.2) is 9.18 Å². The predicted octanol–water partition coefficient (Wildman–Crippen LogP) is 4.01. The molecule has 1 aliphatic heterocycles. The number of carbonyl (C=O) groups is 2. The Bertz CT molecular complexity index is 806. The number of amides is 2. The van der Waals surface area contributed by atoms with Gasteiger partial charge in [-0.3, -0.25) is 9.69 Å². The lowest BCUT2D eigenvalue weighted by atomic mass is 10.0. The second kappa shape index (κ2) is 9.53. The molecule has 3 unspecified atom stereocenters. The molecule has 0 bridgehead atoms. The third-order valence-electron chi connectivity index (χ3n) is 5.71. The topological polar surface area (TPSA) is 88.1 Å². The van der Waals surface area contributed by atoms with Gasteiger partial charge in [-0.15, -0.1) is 0 Å². The van der Waals surface area contributed by atoms with Crippen molar-refractivity contribution in [1.82, 2.24) is 4.90 Å². The SMILES string of the molecule is COC1CC(C(=O)Nc2cc(C(O)CCC3CC3)ccc2F)N(C(=O)OC(C)(C)C)C1. The molecule has 1 saturated carbocycles. The van der Waals surface area contributed by atoms with E-state index in [0.29, 0.717) is 17.9 Å². The van der Waals surface area contributed by atoms with Gasteiger partial charge in [0.15, 0.2) is 0 Å². The molecule has 1 heterocycles. The molecule has 2 aliphatic rings. The van der Waals surface area contributed by atoms with E-state index in [2.05, 4.69) is 5.32 Å². The summed E-state index contributed by atoms with van der Waals surface area (Å²) in [6.07, 6.45) is 2.59. The fourth-order valence-corrected chi connectivity index (χ4v) is 3.77. The number of aliphatic hydroxyl groups is 1. The fraction of sp³-hybridized carbons (Fsp3) is 0.652. The van der Waals surface area contributed by atoms with Gasteiger partial charge in [-0.2, -0.15) is 0 Å². The lowest BCUT2D eigenvalue weighted by Crippen LogP contribution is -2.45. The van der Waals surface area contributed by atoms with E-state index in [1.165, 1.54) is 43.1 Å². The maximum Gasteiger partial charge on any atom is 0.411 e. The van der Waals surface area contributed by atoms with Crippen molar-refractivity contribution in [3.05, 3.63) is 29.6 Å². The largest absolute Gasteiger partial charge is 0.444 e.